The number of Topliss-reactive ketones (excluding diaryl/α,β-unsaturated/α-hetero) is 1. The number of morpholine rings is 1. The van der Waals surface area contributed by atoms with E-state index in [0.29, 0.717) is 50.1 Å². The van der Waals surface area contributed by atoms with E-state index in [9.17, 15) is 14.4 Å². The second-order valence-corrected chi connectivity index (χ2v) is 10.4. The number of thiazole rings is 1. The highest BCUT2D eigenvalue weighted by Gasteiger charge is 2.35. The van der Waals surface area contributed by atoms with Crippen LogP contribution in [0.1, 0.15) is 56.1 Å². The number of ketones is 1. The monoisotopic (exact) mass is 560 g/mol. The first-order valence-electron chi connectivity index (χ1n) is 11.7. The first-order chi connectivity index (χ1) is 17.2. The van der Waals surface area contributed by atoms with Crippen molar-refractivity contribution in [1.82, 2.24) is 14.9 Å². The normalized spacial score (nSPS) is 20.5. The first-order valence-corrected chi connectivity index (χ1v) is 13.3. The Bertz CT molecular complexity index is 1150. The van der Waals surface area contributed by atoms with Crippen LogP contribution in [0.2, 0.25) is 10.0 Å². The number of aryl methyl sites for hydroxylation is 1. The van der Waals surface area contributed by atoms with Crippen LogP contribution in [-0.4, -0.2) is 84.7 Å². The highest BCUT2D eigenvalue weighted by molar-refractivity contribution is 7.17. The number of hydrogen-bond acceptors (Lipinski definition) is 8. The number of ether oxygens (including phenoxy) is 2. The molecule has 1 amide bonds. The molecular weight excluding hydrogens is 534 g/mol. The molecule has 196 valence electrons. The highest BCUT2D eigenvalue weighted by atomic mass is 35.5. The van der Waals surface area contributed by atoms with E-state index in [1.54, 1.807) is 23.6 Å². The minimum Gasteiger partial charge on any atom is -0.462 e. The molecule has 0 spiro atoms. The third-order valence-corrected chi connectivity index (χ3v) is 8.35. The van der Waals surface area contributed by atoms with Crippen molar-refractivity contribution in [2.45, 2.75) is 32.9 Å². The largest absolute Gasteiger partial charge is 0.462 e. The van der Waals surface area contributed by atoms with E-state index < -0.39 is 18.1 Å². The Labute approximate surface area is 221 Å². The number of carbonyl (C=O) groups is 3. The lowest BCUT2D eigenvalue weighted by Gasteiger charge is -2.34. The number of amides is 1. The number of hydrogen-bond donors (Lipinski definition) is 1. The van der Waals surface area contributed by atoms with E-state index in [1.807, 2.05) is 0 Å². The zero-order valence-corrected chi connectivity index (χ0v) is 22.3. The van der Waals surface area contributed by atoms with Gasteiger partial charge in [0.2, 0.25) is 0 Å². The zero-order chi connectivity index (χ0) is 26.0. The molecule has 0 radical (unpaired) electrons. The number of carbonyl (C=O) groups excluding carboxylic acids is 3. The molecule has 0 saturated carbocycles. The van der Waals surface area contributed by atoms with E-state index in [2.05, 4.69) is 9.97 Å². The fourth-order valence-corrected chi connectivity index (χ4v) is 5.72. The van der Waals surface area contributed by atoms with Crippen molar-refractivity contribution < 1.29 is 28.2 Å². The maximum atomic E-state index is 15.2. The number of alkyl halides is 1. The molecule has 0 aliphatic carbocycles. The third kappa shape index (κ3) is 5.53. The summed E-state index contributed by atoms with van der Waals surface area (Å²) in [7, 11) is 0. The summed E-state index contributed by atoms with van der Waals surface area (Å²) in [5, 5.41) is 0.811. The quantitative estimate of drug-likeness (QED) is 0.400. The van der Waals surface area contributed by atoms with Crippen molar-refractivity contribution >= 4 is 57.3 Å². The molecule has 4 heterocycles. The number of halogens is 3. The Morgan fingerprint density at radius 3 is 2.56 bits per heavy atom. The van der Waals surface area contributed by atoms with Crippen LogP contribution in [0.5, 0.6) is 0 Å². The summed E-state index contributed by atoms with van der Waals surface area (Å²) < 4.78 is 25.6. The Morgan fingerprint density at radius 1 is 1.22 bits per heavy atom. The van der Waals surface area contributed by atoms with E-state index in [1.165, 1.54) is 0 Å². The van der Waals surface area contributed by atoms with Crippen LogP contribution in [0.15, 0.2) is 0 Å². The topological polar surface area (TPSA) is 105 Å². The van der Waals surface area contributed by atoms with Gasteiger partial charge in [0, 0.05) is 37.7 Å². The second-order valence-electron chi connectivity index (χ2n) is 8.69. The summed E-state index contributed by atoms with van der Waals surface area (Å²) in [5.74, 6) is -1.82. The lowest BCUT2D eigenvalue weighted by atomic mass is 9.89. The van der Waals surface area contributed by atoms with Gasteiger partial charge in [-0.25, -0.2) is 14.2 Å². The van der Waals surface area contributed by atoms with Gasteiger partial charge in [-0.2, -0.15) is 0 Å². The predicted molar refractivity (Wildman–Crippen MR) is 135 cm³/mol. The number of H-pyrrole nitrogens is 1. The van der Waals surface area contributed by atoms with Crippen LogP contribution in [0.25, 0.3) is 0 Å². The van der Waals surface area contributed by atoms with Crippen molar-refractivity contribution in [2.24, 2.45) is 5.92 Å². The average Bonchev–Trinajstić information content (AvgIpc) is 3.43. The van der Waals surface area contributed by atoms with E-state index in [-0.39, 0.29) is 57.6 Å². The molecule has 2 saturated heterocycles. The maximum absolute atomic E-state index is 15.2. The summed E-state index contributed by atoms with van der Waals surface area (Å²) in [6, 6.07) is 0. The highest BCUT2D eigenvalue weighted by Crippen LogP contribution is 2.35. The molecule has 2 atom stereocenters. The Kier molecular flexibility index (Phi) is 8.54. The molecule has 13 heteroatoms. The lowest BCUT2D eigenvalue weighted by molar-refractivity contribution is 0.0295. The van der Waals surface area contributed by atoms with Gasteiger partial charge in [0.05, 0.1) is 36.4 Å². The number of aromatic nitrogens is 2. The fourth-order valence-electron chi connectivity index (χ4n) is 4.30. The summed E-state index contributed by atoms with van der Waals surface area (Å²) in [4.78, 5) is 49.1. The number of aromatic amines is 1. The van der Waals surface area contributed by atoms with E-state index in [0.717, 1.165) is 11.3 Å². The molecule has 4 rings (SSSR count). The summed E-state index contributed by atoms with van der Waals surface area (Å²) in [6.45, 7) is 5.55. The third-order valence-electron chi connectivity index (χ3n) is 6.30. The van der Waals surface area contributed by atoms with Crippen LogP contribution >= 0.6 is 34.5 Å². The van der Waals surface area contributed by atoms with Crippen LogP contribution < -0.4 is 4.90 Å². The number of anilines is 1. The summed E-state index contributed by atoms with van der Waals surface area (Å²) in [5.41, 5.74) is 0.788. The van der Waals surface area contributed by atoms with Crippen molar-refractivity contribution in [2.75, 3.05) is 50.9 Å². The number of rotatable bonds is 7. The lowest BCUT2D eigenvalue weighted by Crippen LogP contribution is -2.43. The molecule has 2 fully saturated rings. The van der Waals surface area contributed by atoms with Gasteiger partial charge >= 0.3 is 5.97 Å². The molecule has 2 aliphatic heterocycles. The van der Waals surface area contributed by atoms with Crippen molar-refractivity contribution in [3.8, 4) is 0 Å². The minimum absolute atomic E-state index is 0.0108. The molecule has 2 aromatic heterocycles. The Balaban J connectivity index is 1.48. The van der Waals surface area contributed by atoms with Gasteiger partial charge in [0.15, 0.2) is 16.6 Å². The standard InChI is InChI=1S/C23H27Cl2FN4O5S/c1-3-35-22(33)20-19(21(32)29-6-8-34-9-7-29)28-23(36-20)30-5-4-13(14(26)11-30)10-15(31)18-17(25)16(24)12(2)27-18/h13-14,27H,3-11H2,1-2H3/t13-,14-/m0/s1. The van der Waals surface area contributed by atoms with E-state index in [4.69, 9.17) is 32.7 Å². The van der Waals surface area contributed by atoms with Crippen LogP contribution in [0.3, 0.4) is 0 Å². The van der Waals surface area contributed by atoms with Gasteiger partial charge in [-0.15, -0.1) is 0 Å². The Morgan fingerprint density at radius 2 is 1.94 bits per heavy atom. The second kappa shape index (κ2) is 11.5. The van der Waals surface area contributed by atoms with Gasteiger partial charge in [0.1, 0.15) is 16.7 Å². The molecule has 2 aromatic rings. The summed E-state index contributed by atoms with van der Waals surface area (Å²) >= 11 is 13.2. The number of piperidine rings is 1. The molecule has 1 N–H and O–H groups in total. The first kappa shape index (κ1) is 26.8. The van der Waals surface area contributed by atoms with Gasteiger partial charge in [0.25, 0.3) is 5.91 Å². The van der Waals surface area contributed by atoms with Gasteiger partial charge < -0.3 is 24.3 Å². The van der Waals surface area contributed by atoms with Crippen LogP contribution in [0.4, 0.5) is 9.52 Å². The van der Waals surface area contributed by atoms with Crippen LogP contribution in [0, 0.1) is 12.8 Å². The van der Waals surface area contributed by atoms with Crippen molar-refractivity contribution in [3.05, 3.63) is 32.0 Å². The Hall–Kier alpha value is -2.21. The number of nitrogens with one attached hydrogen (secondary N) is 1. The molecule has 9 nitrogen and oxygen atoms in total. The smallest absolute Gasteiger partial charge is 0.350 e. The molecule has 0 bridgehead atoms. The van der Waals surface area contributed by atoms with Gasteiger partial charge in [-0.3, -0.25) is 9.59 Å². The molecular formula is C23H27Cl2FN4O5S. The SMILES string of the molecule is CCOC(=O)c1sc(N2CC[C@@H](CC(=O)c3[nH]c(C)c(Cl)c3Cl)[C@@H](F)C2)nc1C(=O)N1CCOCC1. The maximum Gasteiger partial charge on any atom is 0.350 e. The molecule has 36 heavy (non-hydrogen) atoms. The molecule has 0 aromatic carbocycles. The minimum atomic E-state index is -1.32. The zero-order valence-electron chi connectivity index (χ0n) is 19.9. The fraction of sp³-hybridized carbons (Fsp3) is 0.565. The van der Waals surface area contributed by atoms with Crippen LogP contribution in [-0.2, 0) is 9.47 Å². The van der Waals surface area contributed by atoms with Gasteiger partial charge in [-0.1, -0.05) is 34.5 Å². The number of nitrogens with zero attached hydrogens (tertiary/aromatic N) is 3. The van der Waals surface area contributed by atoms with Crippen molar-refractivity contribution in [3.63, 3.8) is 0 Å². The summed E-state index contributed by atoms with van der Waals surface area (Å²) in [6.07, 6.45) is -0.946. The predicted octanol–water partition coefficient (Wildman–Crippen LogP) is 4.17. The number of esters is 1. The van der Waals surface area contributed by atoms with E-state index >= 15 is 4.39 Å². The molecule has 0 unspecified atom stereocenters. The molecule has 2 aliphatic rings. The van der Waals surface area contributed by atoms with Gasteiger partial charge in [-0.05, 0) is 20.3 Å². The average molecular weight is 561 g/mol. The van der Waals surface area contributed by atoms with Crippen molar-refractivity contribution in [1.29, 1.82) is 0 Å².